The van der Waals surface area contributed by atoms with Crippen LogP contribution in [0.1, 0.15) is 37.9 Å². The molecule has 2 rings (SSSR count). The van der Waals surface area contributed by atoms with Crippen molar-refractivity contribution in [3.63, 3.8) is 0 Å². The first-order chi connectivity index (χ1) is 8.02. The molecule has 1 N–H and O–H groups in total. The quantitative estimate of drug-likeness (QED) is 0.889. The van der Waals surface area contributed by atoms with Crippen molar-refractivity contribution >= 4 is 5.82 Å². The third-order valence-electron chi connectivity index (χ3n) is 2.97. The first-order valence-electron chi connectivity index (χ1n) is 5.91. The first-order valence-corrected chi connectivity index (χ1v) is 5.91. The van der Waals surface area contributed by atoms with Gasteiger partial charge in [-0.2, -0.15) is 18.3 Å². The second kappa shape index (κ2) is 4.58. The Kier molecular flexibility index (Phi) is 3.31. The van der Waals surface area contributed by atoms with Gasteiger partial charge in [-0.3, -0.25) is 0 Å². The summed E-state index contributed by atoms with van der Waals surface area (Å²) in [7, 11) is 0. The van der Waals surface area contributed by atoms with Gasteiger partial charge in [0.1, 0.15) is 5.82 Å². The van der Waals surface area contributed by atoms with Gasteiger partial charge in [-0.05, 0) is 19.3 Å². The third kappa shape index (κ3) is 2.56. The second-order valence-electron chi connectivity index (χ2n) is 4.34. The minimum absolute atomic E-state index is 0.0470. The fourth-order valence-electron chi connectivity index (χ4n) is 2.06. The van der Waals surface area contributed by atoms with Gasteiger partial charge in [0.2, 0.25) is 0 Å². The number of fused-ring (bicyclic) bond motifs is 1. The zero-order valence-corrected chi connectivity index (χ0v) is 9.72. The van der Waals surface area contributed by atoms with E-state index in [0.717, 1.165) is 29.6 Å². The third-order valence-corrected chi connectivity index (χ3v) is 2.97. The van der Waals surface area contributed by atoms with Crippen LogP contribution in [-0.2, 0) is 6.42 Å². The summed E-state index contributed by atoms with van der Waals surface area (Å²) < 4.78 is 39.5. The van der Waals surface area contributed by atoms with Gasteiger partial charge >= 0.3 is 6.18 Å². The van der Waals surface area contributed by atoms with Crippen LogP contribution in [0.25, 0.3) is 0 Å². The second-order valence-corrected chi connectivity index (χ2v) is 4.34. The Balaban J connectivity index is 2.22. The summed E-state index contributed by atoms with van der Waals surface area (Å²) in [5, 5.41) is 7.03. The van der Waals surface area contributed by atoms with Crippen LogP contribution in [0, 0.1) is 0 Å². The summed E-state index contributed by atoms with van der Waals surface area (Å²) in [6.45, 7) is 2.40. The number of hydrogen-bond acceptors (Lipinski definition) is 2. The Hall–Kier alpha value is -1.20. The molecule has 17 heavy (non-hydrogen) atoms. The zero-order valence-electron chi connectivity index (χ0n) is 9.72. The SMILES string of the molecule is CCCCc1cc2n(n1)C(C(F)(F)F)CCN2. The molecule has 96 valence electrons. The van der Waals surface area contributed by atoms with Crippen molar-refractivity contribution in [3.8, 4) is 0 Å². The molecule has 0 aliphatic carbocycles. The molecule has 1 aliphatic rings. The number of hydrogen-bond donors (Lipinski definition) is 1. The van der Waals surface area contributed by atoms with E-state index in [1.165, 1.54) is 0 Å². The largest absolute Gasteiger partial charge is 0.410 e. The maximum Gasteiger partial charge on any atom is 0.410 e. The highest BCUT2D eigenvalue weighted by Gasteiger charge is 2.43. The van der Waals surface area contributed by atoms with Gasteiger partial charge < -0.3 is 5.32 Å². The monoisotopic (exact) mass is 247 g/mol. The van der Waals surface area contributed by atoms with Crippen LogP contribution < -0.4 is 5.32 Å². The molecule has 2 heterocycles. The fraction of sp³-hybridized carbons (Fsp3) is 0.727. The molecule has 0 saturated carbocycles. The smallest absolute Gasteiger partial charge is 0.370 e. The molecule has 0 saturated heterocycles. The van der Waals surface area contributed by atoms with E-state index in [1.54, 1.807) is 6.07 Å². The molecule has 0 radical (unpaired) electrons. The molecule has 1 aliphatic heterocycles. The lowest BCUT2D eigenvalue weighted by Crippen LogP contribution is -2.33. The Morgan fingerprint density at radius 2 is 2.29 bits per heavy atom. The number of unbranched alkanes of at least 4 members (excludes halogenated alkanes) is 1. The van der Waals surface area contributed by atoms with E-state index in [-0.39, 0.29) is 6.42 Å². The predicted octanol–water partition coefficient (Wildman–Crippen LogP) is 3.14. The van der Waals surface area contributed by atoms with Crippen LogP contribution in [0.5, 0.6) is 0 Å². The number of aryl methyl sites for hydroxylation is 1. The zero-order chi connectivity index (χ0) is 12.5. The number of aromatic nitrogens is 2. The molecular formula is C11H16F3N3. The predicted molar refractivity (Wildman–Crippen MR) is 59.0 cm³/mol. The topological polar surface area (TPSA) is 29.9 Å². The van der Waals surface area contributed by atoms with Gasteiger partial charge in [0.05, 0.1) is 5.69 Å². The molecular weight excluding hydrogens is 231 g/mol. The number of alkyl halides is 3. The summed E-state index contributed by atoms with van der Waals surface area (Å²) in [4.78, 5) is 0. The summed E-state index contributed by atoms with van der Waals surface area (Å²) in [5.74, 6) is 0.490. The highest BCUT2D eigenvalue weighted by Crippen LogP contribution is 2.37. The van der Waals surface area contributed by atoms with Crippen LogP contribution in [0.15, 0.2) is 6.07 Å². The highest BCUT2D eigenvalue weighted by atomic mass is 19.4. The Bertz CT molecular complexity index is 384. The average molecular weight is 247 g/mol. The number of anilines is 1. The van der Waals surface area contributed by atoms with E-state index in [9.17, 15) is 13.2 Å². The van der Waals surface area contributed by atoms with Crippen LogP contribution in [0.4, 0.5) is 19.0 Å². The van der Waals surface area contributed by atoms with Crippen LogP contribution in [-0.4, -0.2) is 22.5 Å². The van der Waals surface area contributed by atoms with E-state index >= 15 is 0 Å². The lowest BCUT2D eigenvalue weighted by Gasteiger charge is -2.27. The summed E-state index contributed by atoms with van der Waals surface area (Å²) in [6, 6.07) is 0.252. The van der Waals surface area contributed by atoms with E-state index in [0.29, 0.717) is 12.4 Å². The maximum absolute atomic E-state index is 12.8. The van der Waals surface area contributed by atoms with E-state index in [2.05, 4.69) is 10.4 Å². The molecule has 3 nitrogen and oxygen atoms in total. The van der Waals surface area contributed by atoms with Crippen molar-refractivity contribution in [2.45, 2.75) is 44.8 Å². The number of nitrogens with one attached hydrogen (secondary N) is 1. The standard InChI is InChI=1S/C11H16F3N3/c1-2-3-4-8-7-10-15-6-5-9(11(12,13)14)17(10)16-8/h7,9,15H,2-6H2,1H3. The van der Waals surface area contributed by atoms with Gasteiger partial charge in [0.15, 0.2) is 6.04 Å². The number of halogens is 3. The molecule has 0 spiro atoms. The van der Waals surface area contributed by atoms with Crippen LogP contribution >= 0.6 is 0 Å². The van der Waals surface area contributed by atoms with Crippen molar-refractivity contribution in [1.82, 2.24) is 9.78 Å². The molecule has 1 atom stereocenters. The first kappa shape index (κ1) is 12.3. The minimum atomic E-state index is -4.22. The number of nitrogens with zero attached hydrogens (tertiary/aromatic N) is 2. The van der Waals surface area contributed by atoms with Gasteiger partial charge in [0.25, 0.3) is 0 Å². The van der Waals surface area contributed by atoms with E-state index < -0.39 is 12.2 Å². The Morgan fingerprint density at radius 3 is 2.94 bits per heavy atom. The van der Waals surface area contributed by atoms with Crippen LogP contribution in [0.3, 0.4) is 0 Å². The van der Waals surface area contributed by atoms with Crippen molar-refractivity contribution in [2.75, 3.05) is 11.9 Å². The average Bonchev–Trinajstić information content (AvgIpc) is 2.66. The fourth-order valence-corrected chi connectivity index (χ4v) is 2.06. The molecule has 0 amide bonds. The molecule has 0 bridgehead atoms. The summed E-state index contributed by atoms with van der Waals surface area (Å²) >= 11 is 0. The van der Waals surface area contributed by atoms with Gasteiger partial charge in [0, 0.05) is 12.6 Å². The minimum Gasteiger partial charge on any atom is -0.370 e. The summed E-state index contributed by atoms with van der Waals surface area (Å²) in [6.07, 6.45) is -1.47. The molecule has 0 aromatic carbocycles. The lowest BCUT2D eigenvalue weighted by molar-refractivity contribution is -0.171. The van der Waals surface area contributed by atoms with Crippen molar-refractivity contribution in [1.29, 1.82) is 0 Å². The molecule has 0 fully saturated rings. The van der Waals surface area contributed by atoms with Gasteiger partial charge in [-0.1, -0.05) is 13.3 Å². The lowest BCUT2D eigenvalue weighted by atomic mass is 10.1. The number of rotatable bonds is 3. The van der Waals surface area contributed by atoms with Gasteiger partial charge in [-0.25, -0.2) is 4.68 Å². The maximum atomic E-state index is 12.8. The summed E-state index contributed by atoms with van der Waals surface area (Å²) in [5.41, 5.74) is 0.741. The Labute approximate surface area is 98.0 Å². The highest BCUT2D eigenvalue weighted by molar-refractivity contribution is 5.39. The van der Waals surface area contributed by atoms with Gasteiger partial charge in [-0.15, -0.1) is 0 Å². The molecule has 6 heteroatoms. The Morgan fingerprint density at radius 1 is 1.53 bits per heavy atom. The van der Waals surface area contributed by atoms with Crippen molar-refractivity contribution in [2.24, 2.45) is 0 Å². The molecule has 1 aromatic heterocycles. The van der Waals surface area contributed by atoms with E-state index in [4.69, 9.17) is 0 Å². The van der Waals surface area contributed by atoms with Crippen LogP contribution in [0.2, 0.25) is 0 Å². The van der Waals surface area contributed by atoms with Crippen molar-refractivity contribution < 1.29 is 13.2 Å². The normalized spacial score (nSPS) is 19.9. The van der Waals surface area contributed by atoms with E-state index in [1.807, 2.05) is 6.92 Å². The molecule has 1 unspecified atom stereocenters. The molecule has 1 aromatic rings. The van der Waals surface area contributed by atoms with Crippen molar-refractivity contribution in [3.05, 3.63) is 11.8 Å².